The lowest BCUT2D eigenvalue weighted by molar-refractivity contribution is 0.311. The van der Waals surface area contributed by atoms with Crippen LogP contribution in [0.25, 0.3) is 0 Å². The monoisotopic (exact) mass is 452 g/mol. The first-order valence-electron chi connectivity index (χ1n) is 15.5. The van der Waals surface area contributed by atoms with Gasteiger partial charge in [-0.25, -0.2) is 0 Å². The Morgan fingerprint density at radius 3 is 0.812 bits per heavy atom. The predicted molar refractivity (Wildman–Crippen MR) is 149 cm³/mol. The van der Waals surface area contributed by atoms with E-state index in [1.165, 1.54) is 173 Å². The molecule has 0 spiro atoms. The number of rotatable bonds is 27. The third kappa shape index (κ3) is 23.1. The van der Waals surface area contributed by atoms with E-state index in [1.807, 2.05) is 0 Å². The van der Waals surface area contributed by atoms with Gasteiger partial charge < -0.3 is 5.73 Å². The van der Waals surface area contributed by atoms with E-state index in [2.05, 4.69) is 20.8 Å². The summed E-state index contributed by atoms with van der Waals surface area (Å²) in [6.07, 6.45) is 37.9. The highest BCUT2D eigenvalue weighted by Gasteiger charge is 2.22. The van der Waals surface area contributed by atoms with Gasteiger partial charge in [0, 0.05) is 5.54 Å². The molecule has 0 aliphatic carbocycles. The Balaban J connectivity index is 3.48. The van der Waals surface area contributed by atoms with Crippen LogP contribution in [-0.2, 0) is 0 Å². The molecule has 0 saturated heterocycles. The minimum absolute atomic E-state index is 0.133. The van der Waals surface area contributed by atoms with Crippen molar-refractivity contribution in [3.05, 3.63) is 0 Å². The van der Waals surface area contributed by atoms with Gasteiger partial charge >= 0.3 is 0 Å². The predicted octanol–water partition coefficient (Wildman–Crippen LogP) is 11.3. The molecule has 0 saturated carbocycles. The smallest absolute Gasteiger partial charge is 0.0154 e. The van der Waals surface area contributed by atoms with Gasteiger partial charge in [0.15, 0.2) is 0 Å². The molecule has 0 aliphatic heterocycles. The lowest BCUT2D eigenvalue weighted by Crippen LogP contribution is -2.39. The average molecular weight is 452 g/mol. The molecule has 2 N–H and O–H groups in total. The first-order chi connectivity index (χ1) is 15.7. The molecule has 0 aliphatic rings. The van der Waals surface area contributed by atoms with Gasteiger partial charge in [-0.2, -0.15) is 0 Å². The zero-order valence-electron chi connectivity index (χ0n) is 23.2. The van der Waals surface area contributed by atoms with Crippen molar-refractivity contribution in [2.75, 3.05) is 0 Å². The molecule has 0 fully saturated rings. The van der Waals surface area contributed by atoms with Gasteiger partial charge in [-0.1, -0.05) is 175 Å². The van der Waals surface area contributed by atoms with E-state index in [4.69, 9.17) is 5.73 Å². The van der Waals surface area contributed by atoms with Crippen molar-refractivity contribution in [1.82, 2.24) is 0 Å². The van der Waals surface area contributed by atoms with E-state index < -0.39 is 0 Å². The molecular formula is C31H65N. The summed E-state index contributed by atoms with van der Waals surface area (Å²) in [7, 11) is 0. The fourth-order valence-electron chi connectivity index (χ4n) is 5.33. The Kier molecular flexibility index (Phi) is 25.5. The summed E-state index contributed by atoms with van der Waals surface area (Å²) in [4.78, 5) is 0. The number of unbranched alkanes of at least 4 members (excludes halogenated alkanes) is 21. The first-order valence-corrected chi connectivity index (χ1v) is 15.5. The van der Waals surface area contributed by atoms with Crippen molar-refractivity contribution in [2.45, 2.75) is 200 Å². The molecule has 0 radical (unpaired) electrons. The molecule has 1 nitrogen and oxygen atoms in total. The quantitative estimate of drug-likeness (QED) is 0.123. The van der Waals surface area contributed by atoms with Crippen molar-refractivity contribution >= 4 is 0 Å². The van der Waals surface area contributed by atoms with Crippen LogP contribution in [0.2, 0.25) is 0 Å². The summed E-state index contributed by atoms with van der Waals surface area (Å²) < 4.78 is 0. The van der Waals surface area contributed by atoms with Gasteiger partial charge in [-0.05, 0) is 19.3 Å². The van der Waals surface area contributed by atoms with Crippen LogP contribution in [-0.4, -0.2) is 5.54 Å². The van der Waals surface area contributed by atoms with E-state index in [9.17, 15) is 0 Å². The van der Waals surface area contributed by atoms with Crippen LogP contribution in [0.5, 0.6) is 0 Å². The third-order valence-corrected chi connectivity index (χ3v) is 7.55. The molecule has 0 rings (SSSR count). The van der Waals surface area contributed by atoms with Crippen LogP contribution in [0.3, 0.4) is 0 Å². The molecule has 1 atom stereocenters. The molecular weight excluding hydrogens is 386 g/mol. The van der Waals surface area contributed by atoms with Gasteiger partial charge in [-0.3, -0.25) is 0 Å². The van der Waals surface area contributed by atoms with Gasteiger partial charge in [0.1, 0.15) is 0 Å². The lowest BCUT2D eigenvalue weighted by atomic mass is 9.83. The molecule has 1 unspecified atom stereocenters. The first kappa shape index (κ1) is 32.0. The second-order valence-electron chi connectivity index (χ2n) is 11.0. The Labute approximate surface area is 205 Å². The van der Waals surface area contributed by atoms with Crippen molar-refractivity contribution in [3.8, 4) is 0 Å². The fraction of sp³-hybridized carbons (Fsp3) is 1.00. The summed E-state index contributed by atoms with van der Waals surface area (Å²) >= 11 is 0. The van der Waals surface area contributed by atoms with E-state index in [0.29, 0.717) is 0 Å². The van der Waals surface area contributed by atoms with Crippen LogP contribution in [0.15, 0.2) is 0 Å². The fourth-order valence-corrected chi connectivity index (χ4v) is 5.33. The highest BCUT2D eigenvalue weighted by Crippen LogP contribution is 2.25. The van der Waals surface area contributed by atoms with Crippen LogP contribution < -0.4 is 5.73 Å². The lowest BCUT2D eigenvalue weighted by Gasteiger charge is -2.29. The minimum Gasteiger partial charge on any atom is -0.325 e. The van der Waals surface area contributed by atoms with E-state index >= 15 is 0 Å². The molecule has 0 aromatic carbocycles. The summed E-state index contributed by atoms with van der Waals surface area (Å²) in [5.41, 5.74) is 6.96. The van der Waals surface area contributed by atoms with E-state index in [0.717, 1.165) is 0 Å². The Bertz CT molecular complexity index is 339. The van der Waals surface area contributed by atoms with E-state index in [1.54, 1.807) is 0 Å². The third-order valence-electron chi connectivity index (χ3n) is 7.55. The molecule has 0 heterocycles. The normalized spacial score (nSPS) is 13.5. The zero-order valence-corrected chi connectivity index (χ0v) is 23.2. The SMILES string of the molecule is CCCCCCCCCCCCCCCCCCC(N)(CCC)CCCCCCCCC. The number of nitrogens with two attached hydrogens (primary N) is 1. The summed E-state index contributed by atoms with van der Waals surface area (Å²) in [6.45, 7) is 6.91. The van der Waals surface area contributed by atoms with E-state index in [-0.39, 0.29) is 5.54 Å². The number of hydrogen-bond acceptors (Lipinski definition) is 1. The Hall–Kier alpha value is -0.0400. The van der Waals surface area contributed by atoms with Crippen molar-refractivity contribution < 1.29 is 0 Å². The minimum atomic E-state index is 0.133. The van der Waals surface area contributed by atoms with Crippen LogP contribution in [0.1, 0.15) is 194 Å². The maximum absolute atomic E-state index is 6.83. The van der Waals surface area contributed by atoms with Gasteiger partial charge in [0.05, 0.1) is 0 Å². The Morgan fingerprint density at radius 2 is 0.562 bits per heavy atom. The maximum Gasteiger partial charge on any atom is 0.0154 e. The topological polar surface area (TPSA) is 26.0 Å². The molecule has 0 amide bonds. The van der Waals surface area contributed by atoms with Crippen LogP contribution >= 0.6 is 0 Å². The standard InChI is InChI=1S/C31H65N/c1-4-7-9-11-13-14-15-16-17-18-19-20-21-23-25-27-30-31(32,28-6-3)29-26-24-22-12-10-8-5-2/h4-30,32H2,1-3H3. The zero-order chi connectivity index (χ0) is 23.6. The summed E-state index contributed by atoms with van der Waals surface area (Å²) in [6, 6.07) is 0. The second-order valence-corrected chi connectivity index (χ2v) is 11.0. The van der Waals surface area contributed by atoms with Gasteiger partial charge in [0.25, 0.3) is 0 Å². The highest BCUT2D eigenvalue weighted by molar-refractivity contribution is 4.83. The summed E-state index contributed by atoms with van der Waals surface area (Å²) in [5.74, 6) is 0. The molecule has 0 aromatic rings. The maximum atomic E-state index is 6.83. The average Bonchev–Trinajstić information content (AvgIpc) is 2.78. The molecule has 194 valence electrons. The van der Waals surface area contributed by atoms with Crippen molar-refractivity contribution in [2.24, 2.45) is 5.73 Å². The van der Waals surface area contributed by atoms with Crippen LogP contribution in [0, 0.1) is 0 Å². The molecule has 32 heavy (non-hydrogen) atoms. The summed E-state index contributed by atoms with van der Waals surface area (Å²) in [5, 5.41) is 0. The largest absolute Gasteiger partial charge is 0.325 e. The molecule has 0 bridgehead atoms. The van der Waals surface area contributed by atoms with Gasteiger partial charge in [0.2, 0.25) is 0 Å². The molecule has 0 aromatic heterocycles. The van der Waals surface area contributed by atoms with Crippen molar-refractivity contribution in [3.63, 3.8) is 0 Å². The number of hydrogen-bond donors (Lipinski definition) is 1. The molecule has 1 heteroatoms. The second kappa shape index (κ2) is 25.6. The van der Waals surface area contributed by atoms with Crippen molar-refractivity contribution in [1.29, 1.82) is 0 Å². The van der Waals surface area contributed by atoms with Crippen LogP contribution in [0.4, 0.5) is 0 Å². The highest BCUT2D eigenvalue weighted by atomic mass is 14.7. The van der Waals surface area contributed by atoms with Gasteiger partial charge in [-0.15, -0.1) is 0 Å². The Morgan fingerprint density at radius 1 is 0.312 bits per heavy atom.